The van der Waals surface area contributed by atoms with Gasteiger partial charge in [0.15, 0.2) is 5.65 Å². The van der Waals surface area contributed by atoms with E-state index in [1.54, 1.807) is 21.7 Å². The van der Waals surface area contributed by atoms with Crippen molar-refractivity contribution in [1.29, 1.82) is 0 Å². The van der Waals surface area contributed by atoms with Crippen LogP contribution >= 0.6 is 0 Å². The lowest BCUT2D eigenvalue weighted by atomic mass is 9.96. The highest BCUT2D eigenvalue weighted by atomic mass is 16.5. The van der Waals surface area contributed by atoms with E-state index in [1.807, 2.05) is 37.3 Å². The molecular weight excluding hydrogens is 498 g/mol. The number of pyridine rings is 1. The first-order valence-corrected chi connectivity index (χ1v) is 13.0. The highest BCUT2D eigenvalue weighted by Gasteiger charge is 2.35. The second-order valence-electron chi connectivity index (χ2n) is 10.1. The molecule has 4 aromatic rings. The molecule has 2 aliphatic rings. The molecule has 1 aromatic carbocycles. The standard InChI is InChI=1S/C28H29N7O4/c1-17-5-6-22-20(12-17)18(13-25(36)39-2)15-34(22)27(37)21-14-24(31-16-30-21)33-10-7-19(8-11-33)35-23-4-3-9-29-26(23)32-28(35)38/h3-6,9,12,14,16,18-19H,7-8,10-11,13,15H2,1-2H3,(H,29,32,38). The maximum atomic E-state index is 13.7. The van der Waals surface area contributed by atoms with Crippen LogP contribution in [-0.2, 0) is 9.53 Å². The third-order valence-electron chi connectivity index (χ3n) is 7.72. The number of rotatable bonds is 5. The summed E-state index contributed by atoms with van der Waals surface area (Å²) in [5, 5.41) is 0. The van der Waals surface area contributed by atoms with Crippen molar-refractivity contribution in [3.05, 3.63) is 76.2 Å². The summed E-state index contributed by atoms with van der Waals surface area (Å²) >= 11 is 0. The minimum atomic E-state index is -0.305. The molecule has 0 saturated carbocycles. The Morgan fingerprint density at radius 1 is 1.10 bits per heavy atom. The van der Waals surface area contributed by atoms with E-state index in [9.17, 15) is 14.4 Å². The second-order valence-corrected chi connectivity index (χ2v) is 10.1. The number of piperidine rings is 1. The number of hydrogen-bond donors (Lipinski definition) is 1. The zero-order chi connectivity index (χ0) is 27.1. The normalized spacial score (nSPS) is 17.4. The number of carbonyl (C=O) groups excluding carboxylic acids is 2. The van der Waals surface area contributed by atoms with Gasteiger partial charge in [0.05, 0.1) is 19.0 Å². The van der Waals surface area contributed by atoms with Gasteiger partial charge in [-0.15, -0.1) is 0 Å². The molecule has 2 aliphatic heterocycles. The number of aromatic nitrogens is 5. The van der Waals surface area contributed by atoms with Crippen LogP contribution in [0.5, 0.6) is 0 Å². The number of amides is 1. The number of imidazole rings is 1. The summed E-state index contributed by atoms with van der Waals surface area (Å²) in [4.78, 5) is 57.9. The highest BCUT2D eigenvalue weighted by Crippen LogP contribution is 2.39. The number of nitrogens with zero attached hydrogens (tertiary/aromatic N) is 6. The van der Waals surface area contributed by atoms with Crippen molar-refractivity contribution in [3.63, 3.8) is 0 Å². The molecule has 1 saturated heterocycles. The largest absolute Gasteiger partial charge is 0.469 e. The molecule has 0 spiro atoms. The molecule has 3 aromatic heterocycles. The average Bonchev–Trinajstić information content (AvgIpc) is 3.49. The Morgan fingerprint density at radius 2 is 1.92 bits per heavy atom. The van der Waals surface area contributed by atoms with Crippen molar-refractivity contribution in [2.24, 2.45) is 0 Å². The van der Waals surface area contributed by atoms with E-state index in [1.165, 1.54) is 13.4 Å². The van der Waals surface area contributed by atoms with Crippen LogP contribution in [0.2, 0.25) is 0 Å². The van der Waals surface area contributed by atoms with Crippen LogP contribution in [-0.4, -0.2) is 63.1 Å². The minimum Gasteiger partial charge on any atom is -0.469 e. The zero-order valence-corrected chi connectivity index (χ0v) is 21.8. The Hall–Kier alpha value is -4.54. The van der Waals surface area contributed by atoms with Crippen molar-refractivity contribution >= 4 is 34.5 Å². The number of benzene rings is 1. The number of H-pyrrole nitrogens is 1. The zero-order valence-electron chi connectivity index (χ0n) is 21.8. The number of hydrogen-bond acceptors (Lipinski definition) is 8. The summed E-state index contributed by atoms with van der Waals surface area (Å²) in [6.45, 7) is 3.74. The predicted octanol–water partition coefficient (Wildman–Crippen LogP) is 2.97. The summed E-state index contributed by atoms with van der Waals surface area (Å²) in [6, 6.07) is 11.4. The van der Waals surface area contributed by atoms with Gasteiger partial charge in [0, 0.05) is 49.5 Å². The van der Waals surface area contributed by atoms with E-state index in [2.05, 4.69) is 24.8 Å². The molecule has 0 bridgehead atoms. The Labute approximate surface area is 224 Å². The smallest absolute Gasteiger partial charge is 0.327 e. The molecule has 0 aliphatic carbocycles. The van der Waals surface area contributed by atoms with Crippen molar-refractivity contribution in [2.45, 2.75) is 38.1 Å². The molecule has 11 heteroatoms. The topological polar surface area (TPSA) is 126 Å². The van der Waals surface area contributed by atoms with E-state index in [-0.39, 0.29) is 35.9 Å². The van der Waals surface area contributed by atoms with Crippen molar-refractivity contribution in [1.82, 2.24) is 24.5 Å². The van der Waals surface area contributed by atoms with Gasteiger partial charge >= 0.3 is 11.7 Å². The molecule has 6 rings (SSSR count). The third kappa shape index (κ3) is 4.53. The van der Waals surface area contributed by atoms with Crippen LogP contribution in [0.1, 0.15) is 52.8 Å². The lowest BCUT2D eigenvalue weighted by Crippen LogP contribution is -2.37. The Kier molecular flexibility index (Phi) is 6.34. The van der Waals surface area contributed by atoms with Gasteiger partial charge in [-0.2, -0.15) is 0 Å². The maximum absolute atomic E-state index is 13.7. The van der Waals surface area contributed by atoms with Crippen LogP contribution in [0, 0.1) is 6.92 Å². The fourth-order valence-electron chi connectivity index (χ4n) is 5.76. The molecule has 1 N–H and O–H groups in total. The number of ether oxygens (including phenoxy) is 1. The number of aromatic amines is 1. The van der Waals surface area contributed by atoms with Gasteiger partial charge in [-0.1, -0.05) is 17.7 Å². The van der Waals surface area contributed by atoms with Crippen molar-refractivity contribution in [2.75, 3.05) is 36.5 Å². The van der Waals surface area contributed by atoms with E-state index < -0.39 is 0 Å². The Bertz CT molecular complexity index is 1620. The van der Waals surface area contributed by atoms with Crippen LogP contribution in [0.15, 0.2) is 53.7 Å². The van der Waals surface area contributed by atoms with Crippen LogP contribution in [0.3, 0.4) is 0 Å². The molecule has 200 valence electrons. The van der Waals surface area contributed by atoms with Gasteiger partial charge in [0.1, 0.15) is 17.8 Å². The molecule has 1 amide bonds. The number of carbonyl (C=O) groups is 2. The highest BCUT2D eigenvalue weighted by molar-refractivity contribution is 6.06. The Morgan fingerprint density at radius 3 is 2.72 bits per heavy atom. The molecule has 0 radical (unpaired) electrons. The fraction of sp³-hybridized carbons (Fsp3) is 0.357. The first-order chi connectivity index (χ1) is 18.9. The summed E-state index contributed by atoms with van der Waals surface area (Å²) in [7, 11) is 1.37. The van der Waals surface area contributed by atoms with Gasteiger partial charge in [-0.25, -0.2) is 19.7 Å². The number of aryl methyl sites for hydroxylation is 1. The summed E-state index contributed by atoms with van der Waals surface area (Å²) < 4.78 is 6.68. The number of anilines is 2. The lowest BCUT2D eigenvalue weighted by molar-refractivity contribution is -0.141. The van der Waals surface area contributed by atoms with E-state index in [0.717, 1.165) is 35.2 Å². The second kappa shape index (κ2) is 9.97. The quantitative estimate of drug-likeness (QED) is 0.393. The SMILES string of the molecule is COC(=O)CC1CN(C(=O)c2cc(N3CCC(n4c(=O)[nH]c5ncccc54)CC3)ncn2)c2ccc(C)cc21. The van der Waals surface area contributed by atoms with Crippen LogP contribution in [0.25, 0.3) is 11.2 Å². The number of fused-ring (bicyclic) bond motifs is 2. The monoisotopic (exact) mass is 527 g/mol. The van der Waals surface area contributed by atoms with Crippen molar-refractivity contribution < 1.29 is 14.3 Å². The fourth-order valence-corrected chi connectivity index (χ4v) is 5.76. The molecule has 11 nitrogen and oxygen atoms in total. The molecule has 1 fully saturated rings. The van der Waals surface area contributed by atoms with Crippen molar-refractivity contribution in [3.8, 4) is 0 Å². The number of nitrogens with one attached hydrogen (secondary N) is 1. The van der Waals surface area contributed by atoms with Gasteiger partial charge in [-0.3, -0.25) is 19.1 Å². The summed E-state index contributed by atoms with van der Waals surface area (Å²) in [5.74, 6) is -0.00146. The first-order valence-electron chi connectivity index (χ1n) is 13.0. The van der Waals surface area contributed by atoms with Gasteiger partial charge in [0.25, 0.3) is 5.91 Å². The van der Waals surface area contributed by atoms with Crippen LogP contribution < -0.4 is 15.5 Å². The number of methoxy groups -OCH3 is 1. The number of esters is 1. The van der Waals surface area contributed by atoms with Gasteiger partial charge < -0.3 is 14.5 Å². The lowest BCUT2D eigenvalue weighted by Gasteiger charge is -2.33. The minimum absolute atomic E-state index is 0.0472. The summed E-state index contributed by atoms with van der Waals surface area (Å²) in [6.07, 6.45) is 4.80. The average molecular weight is 528 g/mol. The van der Waals surface area contributed by atoms with Gasteiger partial charge in [-0.05, 0) is 43.5 Å². The molecular formula is C28H29N7O4. The molecule has 5 heterocycles. The van der Waals surface area contributed by atoms with Crippen LogP contribution in [0.4, 0.5) is 11.5 Å². The predicted molar refractivity (Wildman–Crippen MR) is 145 cm³/mol. The molecule has 1 unspecified atom stereocenters. The van der Waals surface area contributed by atoms with E-state index in [0.29, 0.717) is 36.8 Å². The first kappa shape index (κ1) is 24.8. The Balaban J connectivity index is 1.20. The molecule has 39 heavy (non-hydrogen) atoms. The third-order valence-corrected chi connectivity index (χ3v) is 7.72. The van der Waals surface area contributed by atoms with Gasteiger partial charge in [0.2, 0.25) is 0 Å². The summed E-state index contributed by atoms with van der Waals surface area (Å²) in [5.41, 5.74) is 4.37. The molecule has 1 atom stereocenters. The van der Waals surface area contributed by atoms with E-state index in [4.69, 9.17) is 4.74 Å². The maximum Gasteiger partial charge on any atom is 0.327 e. The van der Waals surface area contributed by atoms with E-state index >= 15 is 0 Å².